The minimum Gasteiger partial charge on any atom is -0.465 e. The van der Waals surface area contributed by atoms with Crippen LogP contribution in [0.25, 0.3) is 6.08 Å². The van der Waals surface area contributed by atoms with E-state index in [4.69, 9.17) is 4.74 Å². The number of esters is 2. The molecule has 0 unspecified atom stereocenters. The Bertz CT molecular complexity index is 878. The molecule has 0 fully saturated rings. The maximum Gasteiger partial charge on any atom is 0.337 e. The molecule has 0 amide bonds. The molecule has 0 saturated carbocycles. The minimum absolute atomic E-state index is 0.236. The lowest BCUT2D eigenvalue weighted by Crippen LogP contribution is -2.24. The van der Waals surface area contributed by atoms with Crippen molar-refractivity contribution in [3.8, 4) is 0 Å². The third-order valence-electron chi connectivity index (χ3n) is 4.06. The van der Waals surface area contributed by atoms with Gasteiger partial charge >= 0.3 is 11.9 Å². The molecule has 0 aliphatic carbocycles. The molecule has 0 N–H and O–H groups in total. The van der Waals surface area contributed by atoms with Crippen molar-refractivity contribution in [3.63, 3.8) is 0 Å². The maximum atomic E-state index is 12.5. The lowest BCUT2D eigenvalue weighted by molar-refractivity contribution is -0.140. The van der Waals surface area contributed by atoms with Gasteiger partial charge in [0.05, 0.1) is 12.7 Å². The molecule has 2 rings (SSSR count). The Kier molecular flexibility index (Phi) is 6.66. The molecule has 0 spiro atoms. The number of Topliss-reactive ketones (excluding diaryl/α,β-unsaturated/α-hetero) is 1. The second-order valence-corrected chi connectivity index (χ2v) is 6.21. The maximum absolute atomic E-state index is 12.5. The Morgan fingerprint density at radius 3 is 2.30 bits per heavy atom. The van der Waals surface area contributed by atoms with E-state index in [1.807, 2.05) is 26.0 Å². The topological polar surface area (TPSA) is 69.7 Å². The van der Waals surface area contributed by atoms with Gasteiger partial charge in [0.25, 0.3) is 0 Å². The monoisotopic (exact) mass is 366 g/mol. The molecule has 2 aromatic rings. The Labute approximate surface area is 158 Å². The zero-order chi connectivity index (χ0) is 20.0. The third-order valence-corrected chi connectivity index (χ3v) is 4.06. The predicted octanol–water partition coefficient (Wildman–Crippen LogP) is 3.92. The fourth-order valence-electron chi connectivity index (χ4n) is 2.50. The summed E-state index contributed by atoms with van der Waals surface area (Å²) in [7, 11) is 1.31. The van der Waals surface area contributed by atoms with Crippen LogP contribution in [-0.2, 0) is 14.3 Å². The lowest BCUT2D eigenvalue weighted by Gasteiger charge is -2.13. The Morgan fingerprint density at radius 1 is 1.00 bits per heavy atom. The van der Waals surface area contributed by atoms with Crippen LogP contribution < -0.4 is 0 Å². The smallest absolute Gasteiger partial charge is 0.337 e. The van der Waals surface area contributed by atoms with Gasteiger partial charge in [-0.25, -0.2) is 9.59 Å². The van der Waals surface area contributed by atoms with Crippen molar-refractivity contribution < 1.29 is 23.9 Å². The van der Waals surface area contributed by atoms with Crippen LogP contribution in [0.3, 0.4) is 0 Å². The van der Waals surface area contributed by atoms with Crippen LogP contribution in [0, 0.1) is 13.8 Å². The van der Waals surface area contributed by atoms with Gasteiger partial charge in [0.1, 0.15) is 0 Å². The summed E-state index contributed by atoms with van der Waals surface area (Å²) in [6.07, 6.45) is 1.92. The first-order valence-electron chi connectivity index (χ1n) is 8.50. The van der Waals surface area contributed by atoms with Gasteiger partial charge in [-0.2, -0.15) is 0 Å². The van der Waals surface area contributed by atoms with Crippen molar-refractivity contribution in [1.29, 1.82) is 0 Å². The van der Waals surface area contributed by atoms with E-state index < -0.39 is 18.0 Å². The summed E-state index contributed by atoms with van der Waals surface area (Å²) in [5.41, 5.74) is 3.50. The quantitative estimate of drug-likeness (QED) is 0.440. The van der Waals surface area contributed by atoms with E-state index in [9.17, 15) is 14.4 Å². The van der Waals surface area contributed by atoms with Crippen molar-refractivity contribution >= 4 is 23.8 Å². The summed E-state index contributed by atoms with van der Waals surface area (Å²) >= 11 is 0. The molecule has 5 nitrogen and oxygen atoms in total. The number of hydrogen-bond acceptors (Lipinski definition) is 5. The van der Waals surface area contributed by atoms with Crippen molar-refractivity contribution in [2.75, 3.05) is 7.11 Å². The number of aryl methyl sites for hydroxylation is 2. The molecule has 0 radical (unpaired) electrons. The first-order valence-corrected chi connectivity index (χ1v) is 8.50. The molecule has 5 heteroatoms. The average Bonchev–Trinajstić information content (AvgIpc) is 2.67. The second-order valence-electron chi connectivity index (χ2n) is 6.21. The number of rotatable bonds is 6. The van der Waals surface area contributed by atoms with E-state index in [0.29, 0.717) is 16.7 Å². The number of methoxy groups -OCH3 is 1. The number of benzene rings is 2. The van der Waals surface area contributed by atoms with Gasteiger partial charge in [-0.1, -0.05) is 29.8 Å². The highest BCUT2D eigenvalue weighted by Crippen LogP contribution is 2.15. The summed E-state index contributed by atoms with van der Waals surface area (Å²) < 4.78 is 9.84. The lowest BCUT2D eigenvalue weighted by atomic mass is 9.99. The Balaban J connectivity index is 2.00. The van der Waals surface area contributed by atoms with Gasteiger partial charge in [-0.3, -0.25) is 4.79 Å². The van der Waals surface area contributed by atoms with Crippen LogP contribution in [0.2, 0.25) is 0 Å². The van der Waals surface area contributed by atoms with E-state index in [-0.39, 0.29) is 5.78 Å². The van der Waals surface area contributed by atoms with Gasteiger partial charge in [-0.05, 0) is 56.2 Å². The fraction of sp³-hybridized carbons (Fsp3) is 0.227. The van der Waals surface area contributed by atoms with E-state index >= 15 is 0 Å². The molecule has 2 aromatic carbocycles. The van der Waals surface area contributed by atoms with E-state index in [1.54, 1.807) is 43.3 Å². The zero-order valence-corrected chi connectivity index (χ0v) is 15.8. The number of ketones is 1. The van der Waals surface area contributed by atoms with Crippen LogP contribution in [0.15, 0.2) is 48.5 Å². The summed E-state index contributed by atoms with van der Waals surface area (Å²) in [5.74, 6) is -1.28. The summed E-state index contributed by atoms with van der Waals surface area (Å²) in [6.45, 7) is 5.31. The first-order chi connectivity index (χ1) is 12.8. The van der Waals surface area contributed by atoms with Crippen molar-refractivity contribution in [2.24, 2.45) is 0 Å². The highest BCUT2D eigenvalue weighted by molar-refractivity contribution is 6.02. The van der Waals surface area contributed by atoms with Crippen LogP contribution in [-0.4, -0.2) is 30.9 Å². The highest BCUT2D eigenvalue weighted by atomic mass is 16.5. The molecule has 0 heterocycles. The van der Waals surface area contributed by atoms with Gasteiger partial charge in [0.15, 0.2) is 6.10 Å². The van der Waals surface area contributed by atoms with Gasteiger partial charge in [0.2, 0.25) is 5.78 Å². The largest absolute Gasteiger partial charge is 0.465 e. The minimum atomic E-state index is -0.885. The summed E-state index contributed by atoms with van der Waals surface area (Å²) in [5, 5.41) is 0. The molecule has 27 heavy (non-hydrogen) atoms. The molecular weight excluding hydrogens is 344 g/mol. The third kappa shape index (κ3) is 5.38. The molecule has 0 aliphatic heterocycles. The fourth-order valence-corrected chi connectivity index (χ4v) is 2.50. The van der Waals surface area contributed by atoms with Crippen LogP contribution in [0.1, 0.15) is 44.3 Å². The SMILES string of the molecule is COC(=O)c1ccc(/C=C/C(=O)O[C@@H](C)C(=O)c2cc(C)ccc2C)cc1. The normalized spacial score (nSPS) is 11.9. The Hall–Kier alpha value is -3.21. The van der Waals surface area contributed by atoms with Crippen molar-refractivity contribution in [1.82, 2.24) is 0 Å². The number of hydrogen-bond donors (Lipinski definition) is 0. The molecular formula is C22H22O5. The molecule has 0 saturated heterocycles. The number of carbonyl (C=O) groups excluding carboxylic acids is 3. The first kappa shape index (κ1) is 20.1. The molecule has 140 valence electrons. The number of carbonyl (C=O) groups is 3. The van der Waals surface area contributed by atoms with Crippen LogP contribution >= 0.6 is 0 Å². The van der Waals surface area contributed by atoms with E-state index in [1.165, 1.54) is 13.2 Å². The van der Waals surface area contributed by atoms with Crippen molar-refractivity contribution in [2.45, 2.75) is 26.9 Å². The highest BCUT2D eigenvalue weighted by Gasteiger charge is 2.20. The molecule has 0 bridgehead atoms. The standard InChI is InChI=1S/C22H22O5/c1-14-5-6-15(2)19(13-14)21(24)16(3)27-20(23)12-9-17-7-10-18(11-8-17)22(25)26-4/h5-13,16H,1-4H3/b12-9+/t16-/m0/s1. The van der Waals surface area contributed by atoms with Gasteiger partial charge in [0, 0.05) is 11.6 Å². The summed E-state index contributed by atoms with van der Waals surface area (Å²) in [6, 6.07) is 12.2. The van der Waals surface area contributed by atoms with Gasteiger partial charge in [-0.15, -0.1) is 0 Å². The van der Waals surface area contributed by atoms with Crippen LogP contribution in [0.4, 0.5) is 0 Å². The number of ether oxygens (including phenoxy) is 2. The average molecular weight is 366 g/mol. The second kappa shape index (κ2) is 8.94. The molecule has 0 aromatic heterocycles. The van der Waals surface area contributed by atoms with E-state index in [0.717, 1.165) is 11.1 Å². The summed E-state index contributed by atoms with van der Waals surface area (Å²) in [4.78, 5) is 35.9. The van der Waals surface area contributed by atoms with Gasteiger partial charge < -0.3 is 9.47 Å². The van der Waals surface area contributed by atoms with E-state index in [2.05, 4.69) is 4.74 Å². The Morgan fingerprint density at radius 2 is 1.67 bits per heavy atom. The zero-order valence-electron chi connectivity index (χ0n) is 15.8. The molecule has 1 atom stereocenters. The molecule has 0 aliphatic rings. The van der Waals surface area contributed by atoms with Crippen LogP contribution in [0.5, 0.6) is 0 Å². The predicted molar refractivity (Wildman–Crippen MR) is 103 cm³/mol. The van der Waals surface area contributed by atoms with Crippen molar-refractivity contribution in [3.05, 3.63) is 76.4 Å².